The van der Waals surface area contributed by atoms with Gasteiger partial charge in [-0.05, 0) is 37.0 Å². The van der Waals surface area contributed by atoms with Crippen LogP contribution < -0.4 is 10.9 Å². The molecule has 0 radical (unpaired) electrons. The summed E-state index contributed by atoms with van der Waals surface area (Å²) in [4.78, 5) is 44.9. The molecule has 0 saturated heterocycles. The Kier molecular flexibility index (Phi) is 6.63. The number of fused-ring (bicyclic) bond motifs is 2. The molecule has 35 heavy (non-hydrogen) atoms. The van der Waals surface area contributed by atoms with Gasteiger partial charge in [0.05, 0.1) is 30.1 Å². The van der Waals surface area contributed by atoms with Gasteiger partial charge in [0.2, 0.25) is 5.91 Å². The molecule has 0 atom stereocenters. The molecule has 0 unspecified atom stereocenters. The molecule has 11 heteroatoms. The zero-order chi connectivity index (χ0) is 24.5. The number of carbonyl (C=O) groups is 2. The van der Waals surface area contributed by atoms with Crippen LogP contribution in [0.5, 0.6) is 0 Å². The van der Waals surface area contributed by atoms with Crippen molar-refractivity contribution < 1.29 is 18.7 Å². The monoisotopic (exact) mass is 527 g/mol. The number of esters is 1. The number of thioether (sulfide) groups is 1. The van der Waals surface area contributed by atoms with E-state index in [1.807, 2.05) is 5.38 Å². The van der Waals surface area contributed by atoms with Gasteiger partial charge in [0, 0.05) is 22.4 Å². The first-order valence-corrected chi connectivity index (χ1v) is 13.5. The van der Waals surface area contributed by atoms with E-state index in [4.69, 9.17) is 9.15 Å². The van der Waals surface area contributed by atoms with Gasteiger partial charge in [0.15, 0.2) is 5.16 Å². The summed E-state index contributed by atoms with van der Waals surface area (Å²) in [5, 5.41) is 6.13. The van der Waals surface area contributed by atoms with Crippen molar-refractivity contribution in [2.75, 3.05) is 18.2 Å². The first-order chi connectivity index (χ1) is 17.0. The number of thiophene rings is 2. The fourth-order valence-electron chi connectivity index (χ4n) is 4.12. The van der Waals surface area contributed by atoms with Gasteiger partial charge >= 0.3 is 5.97 Å². The van der Waals surface area contributed by atoms with E-state index in [0.29, 0.717) is 37.3 Å². The van der Waals surface area contributed by atoms with Gasteiger partial charge in [-0.3, -0.25) is 14.2 Å². The Hall–Kier alpha value is -3.15. The van der Waals surface area contributed by atoms with Crippen LogP contribution in [0.3, 0.4) is 0 Å². The Labute approximate surface area is 212 Å². The highest BCUT2D eigenvalue weighted by Gasteiger charge is 2.28. The molecular formula is C24H21N3O5S3. The molecule has 4 aromatic heterocycles. The van der Waals surface area contributed by atoms with Crippen LogP contribution in [-0.2, 0) is 28.9 Å². The van der Waals surface area contributed by atoms with E-state index in [0.717, 1.165) is 41.5 Å². The van der Waals surface area contributed by atoms with Gasteiger partial charge in [-0.2, -0.15) is 0 Å². The zero-order valence-corrected chi connectivity index (χ0v) is 21.2. The standard InChI is InChI=1S/C24H21N3O5S3/c1-3-9-27-22(29)18-14(15-7-5-10-32-15)11-33-20(18)26-24(27)34-12-17(28)25-21-19(23(30)31-2)13-6-4-8-16(13)35-21/h3,5,7,10-11H,1,4,6,8-9,12H2,2H3,(H,25,28). The van der Waals surface area contributed by atoms with Crippen LogP contribution in [-0.4, -0.2) is 34.3 Å². The first kappa shape index (κ1) is 23.6. The molecular weight excluding hydrogens is 506 g/mol. The summed E-state index contributed by atoms with van der Waals surface area (Å²) in [5.74, 6) is -0.106. The molecule has 4 aromatic rings. The van der Waals surface area contributed by atoms with Crippen LogP contribution in [0.4, 0.5) is 5.00 Å². The summed E-state index contributed by atoms with van der Waals surface area (Å²) in [5.41, 5.74) is 1.91. The van der Waals surface area contributed by atoms with E-state index in [9.17, 15) is 14.4 Å². The molecule has 8 nitrogen and oxygen atoms in total. The predicted octanol–water partition coefficient (Wildman–Crippen LogP) is 4.97. The minimum atomic E-state index is -0.440. The summed E-state index contributed by atoms with van der Waals surface area (Å²) >= 11 is 3.94. The summed E-state index contributed by atoms with van der Waals surface area (Å²) in [6.45, 7) is 4.01. The van der Waals surface area contributed by atoms with Crippen LogP contribution in [0.15, 0.2) is 50.8 Å². The third-order valence-corrected chi connectivity index (χ3v) is 8.71. The largest absolute Gasteiger partial charge is 0.465 e. The number of allylic oxidation sites excluding steroid dienone is 1. The molecule has 1 amide bonds. The molecule has 180 valence electrons. The number of methoxy groups -OCH3 is 1. The Bertz CT molecular complexity index is 1500. The van der Waals surface area contributed by atoms with E-state index in [1.54, 1.807) is 24.5 Å². The number of nitrogens with zero attached hydrogens (tertiary/aromatic N) is 2. The second-order valence-corrected chi connectivity index (χ2v) is 10.7. The average molecular weight is 528 g/mol. The lowest BCUT2D eigenvalue weighted by atomic mass is 10.1. The molecule has 4 heterocycles. The highest BCUT2D eigenvalue weighted by molar-refractivity contribution is 7.99. The molecule has 0 spiro atoms. The van der Waals surface area contributed by atoms with E-state index in [-0.39, 0.29) is 23.8 Å². The van der Waals surface area contributed by atoms with Crippen molar-refractivity contribution in [3.63, 3.8) is 0 Å². The maximum atomic E-state index is 13.4. The lowest BCUT2D eigenvalue weighted by Gasteiger charge is -2.11. The number of aryl methyl sites for hydroxylation is 1. The minimum absolute atomic E-state index is 0.0225. The van der Waals surface area contributed by atoms with Crippen LogP contribution in [0.2, 0.25) is 0 Å². The highest BCUT2D eigenvalue weighted by atomic mass is 32.2. The number of hydrogen-bond donors (Lipinski definition) is 1. The van der Waals surface area contributed by atoms with Gasteiger partial charge in [0.25, 0.3) is 5.56 Å². The molecule has 0 saturated carbocycles. The van der Waals surface area contributed by atoms with Gasteiger partial charge < -0.3 is 14.5 Å². The molecule has 0 aliphatic heterocycles. The van der Waals surface area contributed by atoms with Gasteiger partial charge in [-0.1, -0.05) is 17.8 Å². The van der Waals surface area contributed by atoms with E-state index in [1.165, 1.54) is 34.4 Å². The lowest BCUT2D eigenvalue weighted by Crippen LogP contribution is -2.23. The second kappa shape index (κ2) is 9.84. The van der Waals surface area contributed by atoms with Crippen LogP contribution in [0.25, 0.3) is 21.5 Å². The number of ether oxygens (including phenoxy) is 1. The van der Waals surface area contributed by atoms with Crippen LogP contribution >= 0.6 is 34.4 Å². The number of aromatic nitrogens is 2. The maximum Gasteiger partial charge on any atom is 0.341 e. The molecule has 1 aliphatic rings. The number of furan rings is 1. The third-order valence-electron chi connectivity index (χ3n) is 5.65. The Morgan fingerprint density at radius 3 is 3.00 bits per heavy atom. The smallest absolute Gasteiger partial charge is 0.341 e. The fraction of sp³-hybridized carbons (Fsp3) is 0.250. The number of carbonyl (C=O) groups excluding carboxylic acids is 2. The number of nitrogens with one attached hydrogen (secondary N) is 1. The minimum Gasteiger partial charge on any atom is -0.465 e. The highest BCUT2D eigenvalue weighted by Crippen LogP contribution is 2.39. The normalized spacial score (nSPS) is 12.6. The molecule has 1 aliphatic carbocycles. The first-order valence-electron chi connectivity index (χ1n) is 10.8. The summed E-state index contributed by atoms with van der Waals surface area (Å²) < 4.78 is 11.9. The molecule has 0 aromatic carbocycles. The van der Waals surface area contributed by atoms with Gasteiger partial charge in [0.1, 0.15) is 15.6 Å². The summed E-state index contributed by atoms with van der Waals surface area (Å²) in [7, 11) is 1.34. The molecule has 0 bridgehead atoms. The van der Waals surface area contributed by atoms with Crippen molar-refractivity contribution in [1.82, 2.24) is 9.55 Å². The fourth-order valence-corrected chi connectivity index (χ4v) is 7.19. The van der Waals surface area contributed by atoms with Crippen LogP contribution in [0.1, 0.15) is 27.2 Å². The summed E-state index contributed by atoms with van der Waals surface area (Å²) in [6.07, 6.45) is 5.88. The Balaban J connectivity index is 1.40. The quantitative estimate of drug-likeness (QED) is 0.149. The van der Waals surface area contributed by atoms with Crippen LogP contribution in [0, 0.1) is 0 Å². The number of anilines is 1. The van der Waals surface area contributed by atoms with Crippen molar-refractivity contribution in [2.45, 2.75) is 31.0 Å². The zero-order valence-electron chi connectivity index (χ0n) is 18.8. The lowest BCUT2D eigenvalue weighted by molar-refractivity contribution is -0.113. The molecule has 0 fully saturated rings. The molecule has 5 rings (SSSR count). The number of hydrogen-bond acceptors (Lipinski definition) is 9. The van der Waals surface area contributed by atoms with E-state index >= 15 is 0 Å². The van der Waals surface area contributed by atoms with Crippen molar-refractivity contribution >= 4 is 61.5 Å². The SMILES string of the molecule is C=CCn1c(SCC(=O)Nc2sc3c(c2C(=O)OC)CCC3)nc2scc(-c3ccco3)c2c1=O. The summed E-state index contributed by atoms with van der Waals surface area (Å²) in [6, 6.07) is 3.57. The number of rotatable bonds is 8. The number of amides is 1. The van der Waals surface area contributed by atoms with Crippen molar-refractivity contribution in [1.29, 1.82) is 0 Å². The average Bonchev–Trinajstić information content (AvgIpc) is 3.63. The Morgan fingerprint density at radius 1 is 1.40 bits per heavy atom. The van der Waals surface area contributed by atoms with Crippen molar-refractivity contribution in [2.24, 2.45) is 0 Å². The second-order valence-electron chi connectivity index (χ2n) is 7.80. The van der Waals surface area contributed by atoms with Gasteiger partial charge in [-0.15, -0.1) is 29.3 Å². The van der Waals surface area contributed by atoms with Crippen molar-refractivity contribution in [3.05, 3.63) is 62.8 Å². The maximum absolute atomic E-state index is 13.4. The van der Waals surface area contributed by atoms with E-state index < -0.39 is 5.97 Å². The third kappa shape index (κ3) is 4.35. The Morgan fingerprint density at radius 2 is 2.26 bits per heavy atom. The predicted molar refractivity (Wildman–Crippen MR) is 139 cm³/mol. The van der Waals surface area contributed by atoms with Crippen molar-refractivity contribution in [3.8, 4) is 11.3 Å². The topological polar surface area (TPSA) is 103 Å². The van der Waals surface area contributed by atoms with Gasteiger partial charge in [-0.25, -0.2) is 9.78 Å². The molecule has 1 N–H and O–H groups in total. The van der Waals surface area contributed by atoms with E-state index in [2.05, 4.69) is 16.9 Å².